The zero-order chi connectivity index (χ0) is 13.5. The van der Waals surface area contributed by atoms with Crippen molar-refractivity contribution < 1.29 is 9.47 Å². The normalized spacial score (nSPS) is 17.9. The van der Waals surface area contributed by atoms with Crippen LogP contribution in [0.2, 0.25) is 0 Å². The van der Waals surface area contributed by atoms with Crippen molar-refractivity contribution in [3.05, 3.63) is 30.3 Å². The SMILES string of the molecule is COC(OC)C(=Nc1ccccc1)C1CCCCC1. The quantitative estimate of drug-likeness (QED) is 0.593. The van der Waals surface area contributed by atoms with Gasteiger partial charge in [0.15, 0.2) is 6.29 Å². The van der Waals surface area contributed by atoms with E-state index in [1.807, 2.05) is 30.3 Å². The monoisotopic (exact) mass is 261 g/mol. The van der Waals surface area contributed by atoms with Gasteiger partial charge in [0.05, 0.1) is 11.4 Å². The van der Waals surface area contributed by atoms with Crippen molar-refractivity contribution in [2.75, 3.05) is 14.2 Å². The second-order valence-electron chi connectivity index (χ2n) is 5.01. The van der Waals surface area contributed by atoms with E-state index in [0.717, 1.165) is 11.4 Å². The summed E-state index contributed by atoms with van der Waals surface area (Å²) in [4.78, 5) is 4.79. The summed E-state index contributed by atoms with van der Waals surface area (Å²) < 4.78 is 10.9. The van der Waals surface area contributed by atoms with Gasteiger partial charge in [-0.25, -0.2) is 0 Å². The van der Waals surface area contributed by atoms with Gasteiger partial charge >= 0.3 is 0 Å². The van der Waals surface area contributed by atoms with Gasteiger partial charge < -0.3 is 9.47 Å². The maximum absolute atomic E-state index is 5.43. The average molecular weight is 261 g/mol. The molecule has 0 radical (unpaired) electrons. The van der Waals surface area contributed by atoms with Crippen molar-refractivity contribution in [1.29, 1.82) is 0 Å². The molecule has 0 spiro atoms. The van der Waals surface area contributed by atoms with E-state index in [2.05, 4.69) is 0 Å². The molecule has 2 rings (SSSR count). The van der Waals surface area contributed by atoms with E-state index in [0.29, 0.717) is 5.92 Å². The van der Waals surface area contributed by atoms with E-state index >= 15 is 0 Å². The Morgan fingerprint density at radius 2 is 1.68 bits per heavy atom. The second-order valence-corrected chi connectivity index (χ2v) is 5.01. The Morgan fingerprint density at radius 3 is 2.26 bits per heavy atom. The average Bonchev–Trinajstić information content (AvgIpc) is 2.49. The van der Waals surface area contributed by atoms with Crippen LogP contribution in [0.1, 0.15) is 32.1 Å². The summed E-state index contributed by atoms with van der Waals surface area (Å²) in [6.45, 7) is 0. The van der Waals surface area contributed by atoms with E-state index in [4.69, 9.17) is 14.5 Å². The van der Waals surface area contributed by atoms with Gasteiger partial charge in [-0.1, -0.05) is 37.5 Å². The molecule has 0 amide bonds. The number of methoxy groups -OCH3 is 2. The Labute approximate surface area is 115 Å². The van der Waals surface area contributed by atoms with Gasteiger partial charge in [0.2, 0.25) is 0 Å². The molecule has 0 bridgehead atoms. The minimum absolute atomic E-state index is 0.330. The lowest BCUT2D eigenvalue weighted by Gasteiger charge is -2.27. The van der Waals surface area contributed by atoms with Gasteiger partial charge in [0.25, 0.3) is 0 Å². The van der Waals surface area contributed by atoms with Gasteiger partial charge in [-0.15, -0.1) is 0 Å². The summed E-state index contributed by atoms with van der Waals surface area (Å²) in [6, 6.07) is 10.1. The molecule has 1 aromatic carbocycles. The maximum atomic E-state index is 5.43. The van der Waals surface area contributed by atoms with Crippen molar-refractivity contribution in [3.63, 3.8) is 0 Å². The molecule has 0 unspecified atom stereocenters. The van der Waals surface area contributed by atoms with E-state index in [1.54, 1.807) is 14.2 Å². The van der Waals surface area contributed by atoms with E-state index in [9.17, 15) is 0 Å². The number of para-hydroxylation sites is 1. The van der Waals surface area contributed by atoms with E-state index in [-0.39, 0.29) is 6.29 Å². The fraction of sp³-hybridized carbons (Fsp3) is 0.562. The van der Waals surface area contributed by atoms with Crippen LogP contribution in [0, 0.1) is 5.92 Å². The Morgan fingerprint density at radius 1 is 1.05 bits per heavy atom. The molecule has 1 fully saturated rings. The molecule has 1 aliphatic carbocycles. The first-order valence-electron chi connectivity index (χ1n) is 7.04. The zero-order valence-corrected chi connectivity index (χ0v) is 11.8. The number of rotatable bonds is 5. The van der Waals surface area contributed by atoms with E-state index < -0.39 is 0 Å². The third-order valence-electron chi connectivity index (χ3n) is 3.71. The summed E-state index contributed by atoms with van der Waals surface area (Å²) in [5, 5.41) is 0. The summed E-state index contributed by atoms with van der Waals surface area (Å²) >= 11 is 0. The molecule has 1 saturated carbocycles. The lowest BCUT2D eigenvalue weighted by atomic mass is 9.85. The van der Waals surface area contributed by atoms with Crippen LogP contribution in [0.5, 0.6) is 0 Å². The maximum Gasteiger partial charge on any atom is 0.196 e. The van der Waals surface area contributed by atoms with Gasteiger partial charge in [-0.2, -0.15) is 0 Å². The lowest BCUT2D eigenvalue weighted by Crippen LogP contribution is -2.32. The summed E-state index contributed by atoms with van der Waals surface area (Å²) in [7, 11) is 3.36. The Balaban J connectivity index is 2.24. The molecule has 0 saturated heterocycles. The molecule has 3 heteroatoms. The molecular formula is C16H23NO2. The Kier molecular flexibility index (Phi) is 5.55. The molecule has 1 aliphatic rings. The Bertz CT molecular complexity index is 392. The number of hydrogen-bond acceptors (Lipinski definition) is 3. The molecule has 104 valence electrons. The first-order valence-corrected chi connectivity index (χ1v) is 7.04. The van der Waals surface area contributed by atoms with Gasteiger partial charge in [0.1, 0.15) is 0 Å². The molecular weight excluding hydrogens is 238 g/mol. The number of nitrogens with zero attached hydrogens (tertiary/aromatic N) is 1. The molecule has 3 nitrogen and oxygen atoms in total. The third kappa shape index (κ3) is 3.88. The molecule has 0 aromatic heterocycles. The van der Waals surface area contributed by atoms with E-state index in [1.165, 1.54) is 32.1 Å². The highest BCUT2D eigenvalue weighted by Gasteiger charge is 2.26. The number of hydrogen-bond donors (Lipinski definition) is 0. The molecule has 0 heterocycles. The van der Waals surface area contributed by atoms with Crippen molar-refractivity contribution in [1.82, 2.24) is 0 Å². The second kappa shape index (κ2) is 7.41. The van der Waals surface area contributed by atoms with Gasteiger partial charge in [0, 0.05) is 20.1 Å². The fourth-order valence-corrected chi connectivity index (χ4v) is 2.72. The summed E-state index contributed by atoms with van der Waals surface area (Å²) in [5.74, 6) is 0.485. The molecule has 1 aromatic rings. The van der Waals surface area contributed by atoms with Crippen molar-refractivity contribution in [3.8, 4) is 0 Å². The van der Waals surface area contributed by atoms with Crippen LogP contribution in [-0.4, -0.2) is 26.2 Å². The number of ether oxygens (including phenoxy) is 2. The van der Waals surface area contributed by atoms with Crippen LogP contribution >= 0.6 is 0 Å². The first kappa shape index (κ1) is 14.2. The predicted octanol–water partition coefficient (Wildman–Crippen LogP) is 3.96. The lowest BCUT2D eigenvalue weighted by molar-refractivity contribution is -0.0554. The molecule has 0 aliphatic heterocycles. The molecule has 0 N–H and O–H groups in total. The Hall–Kier alpha value is -1.19. The predicted molar refractivity (Wildman–Crippen MR) is 77.9 cm³/mol. The molecule has 19 heavy (non-hydrogen) atoms. The third-order valence-corrected chi connectivity index (χ3v) is 3.71. The van der Waals surface area contributed by atoms with Gasteiger partial charge in [-0.3, -0.25) is 4.99 Å². The standard InChI is InChI=1S/C16H23NO2/c1-18-16(19-2)15(13-9-5-3-6-10-13)17-14-11-7-4-8-12-14/h4,7-8,11-13,16H,3,5-6,9-10H2,1-2H3. The first-order chi connectivity index (χ1) is 9.35. The van der Waals surface area contributed by atoms with Crippen molar-refractivity contribution in [2.24, 2.45) is 10.9 Å². The van der Waals surface area contributed by atoms with Gasteiger partial charge in [-0.05, 0) is 25.0 Å². The number of benzene rings is 1. The smallest absolute Gasteiger partial charge is 0.196 e. The highest BCUT2D eigenvalue weighted by atomic mass is 16.7. The largest absolute Gasteiger partial charge is 0.351 e. The van der Waals surface area contributed by atoms with Crippen LogP contribution < -0.4 is 0 Å². The summed E-state index contributed by atoms with van der Waals surface area (Å²) in [5.41, 5.74) is 2.01. The van der Waals surface area contributed by atoms with Crippen LogP contribution in [0.15, 0.2) is 35.3 Å². The minimum Gasteiger partial charge on any atom is -0.351 e. The van der Waals surface area contributed by atoms with Crippen LogP contribution in [0.4, 0.5) is 5.69 Å². The van der Waals surface area contributed by atoms with Crippen molar-refractivity contribution in [2.45, 2.75) is 38.4 Å². The topological polar surface area (TPSA) is 30.8 Å². The minimum atomic E-state index is -0.330. The highest BCUT2D eigenvalue weighted by molar-refractivity contribution is 5.92. The summed E-state index contributed by atoms with van der Waals surface area (Å²) in [6.07, 6.45) is 5.93. The fourth-order valence-electron chi connectivity index (χ4n) is 2.72. The van der Waals surface area contributed by atoms with Crippen LogP contribution in [0.25, 0.3) is 0 Å². The van der Waals surface area contributed by atoms with Crippen molar-refractivity contribution >= 4 is 11.4 Å². The van der Waals surface area contributed by atoms with Crippen LogP contribution in [-0.2, 0) is 9.47 Å². The van der Waals surface area contributed by atoms with Crippen LogP contribution in [0.3, 0.4) is 0 Å². The zero-order valence-electron chi connectivity index (χ0n) is 11.8. The highest BCUT2D eigenvalue weighted by Crippen LogP contribution is 2.28. The molecule has 0 atom stereocenters. The number of aliphatic imine (C=N–C) groups is 1.